The van der Waals surface area contributed by atoms with E-state index < -0.39 is 17.7 Å². The van der Waals surface area contributed by atoms with Gasteiger partial charge in [-0.05, 0) is 56.2 Å². The Morgan fingerprint density at radius 2 is 1.66 bits per heavy atom. The SMILES string of the molecule is CCOC(=O)c1sc(CC(=O)/C(C#N)=C/c2ccccc2OCc2ccc(Cl)cc2)c(C(=O)OCC)c1C. The van der Waals surface area contributed by atoms with Gasteiger partial charge in [0.15, 0.2) is 5.78 Å². The zero-order valence-electron chi connectivity index (χ0n) is 21.2. The number of esters is 2. The first kappa shape index (κ1) is 28.6. The lowest BCUT2D eigenvalue weighted by molar-refractivity contribution is -0.114. The van der Waals surface area contributed by atoms with Gasteiger partial charge >= 0.3 is 11.9 Å². The van der Waals surface area contributed by atoms with Crippen molar-refractivity contribution in [1.82, 2.24) is 0 Å². The van der Waals surface area contributed by atoms with Crippen molar-refractivity contribution < 1.29 is 28.6 Å². The average molecular weight is 552 g/mol. The number of ketones is 1. The highest BCUT2D eigenvalue weighted by molar-refractivity contribution is 7.14. The van der Waals surface area contributed by atoms with Gasteiger partial charge in [0.25, 0.3) is 0 Å². The molecule has 0 spiro atoms. The van der Waals surface area contributed by atoms with Crippen molar-refractivity contribution in [2.75, 3.05) is 13.2 Å². The third-order valence-electron chi connectivity index (χ3n) is 5.43. The van der Waals surface area contributed by atoms with Gasteiger partial charge in [-0.1, -0.05) is 41.9 Å². The normalized spacial score (nSPS) is 11.0. The molecule has 7 nitrogen and oxygen atoms in total. The van der Waals surface area contributed by atoms with Crippen molar-refractivity contribution in [1.29, 1.82) is 5.26 Å². The number of Topliss-reactive ketones (excluding diaryl/α,β-unsaturated/α-hetero) is 1. The molecule has 38 heavy (non-hydrogen) atoms. The second-order valence-electron chi connectivity index (χ2n) is 8.02. The first-order chi connectivity index (χ1) is 18.3. The van der Waals surface area contributed by atoms with E-state index >= 15 is 0 Å². The number of rotatable bonds is 11. The fourth-order valence-electron chi connectivity index (χ4n) is 3.60. The highest BCUT2D eigenvalue weighted by atomic mass is 35.5. The van der Waals surface area contributed by atoms with Crippen LogP contribution in [0.25, 0.3) is 6.08 Å². The van der Waals surface area contributed by atoms with Crippen LogP contribution in [-0.4, -0.2) is 30.9 Å². The number of hydrogen-bond donors (Lipinski definition) is 0. The summed E-state index contributed by atoms with van der Waals surface area (Å²) in [5, 5.41) is 10.4. The zero-order chi connectivity index (χ0) is 27.7. The van der Waals surface area contributed by atoms with E-state index in [0.717, 1.165) is 16.9 Å². The van der Waals surface area contributed by atoms with Crippen molar-refractivity contribution >= 4 is 46.7 Å². The third-order valence-corrected chi connectivity index (χ3v) is 6.95. The summed E-state index contributed by atoms with van der Waals surface area (Å²) in [5.41, 5.74) is 1.87. The molecule has 0 fully saturated rings. The van der Waals surface area contributed by atoms with Crippen LogP contribution in [-0.2, 0) is 27.3 Å². The number of carbonyl (C=O) groups excluding carboxylic acids is 3. The summed E-state index contributed by atoms with van der Waals surface area (Å²) >= 11 is 6.93. The van der Waals surface area contributed by atoms with Gasteiger partial charge in [0.1, 0.15) is 23.3 Å². The molecule has 0 bridgehead atoms. The summed E-state index contributed by atoms with van der Waals surface area (Å²) in [6.45, 7) is 5.52. The highest BCUT2D eigenvalue weighted by Crippen LogP contribution is 2.31. The molecule has 196 valence electrons. The predicted molar refractivity (Wildman–Crippen MR) is 145 cm³/mol. The standard InChI is InChI=1S/C29H26ClNO6S/c1-4-35-28(33)26-18(3)27(29(34)36-5-2)38-25(26)15-23(32)21(16-31)14-20-8-6-7-9-24(20)37-17-19-10-12-22(30)13-11-19/h6-14H,4-5,15,17H2,1-3H3/b21-14+. The minimum atomic E-state index is -0.636. The third kappa shape index (κ3) is 7.09. The van der Waals surface area contributed by atoms with Crippen LogP contribution in [0.4, 0.5) is 0 Å². The van der Waals surface area contributed by atoms with E-state index in [2.05, 4.69) is 0 Å². The van der Waals surface area contributed by atoms with E-state index in [-0.39, 0.29) is 42.3 Å². The number of nitriles is 1. The van der Waals surface area contributed by atoms with E-state index in [4.69, 9.17) is 25.8 Å². The number of hydrogen-bond acceptors (Lipinski definition) is 8. The molecule has 0 saturated carbocycles. The van der Waals surface area contributed by atoms with E-state index in [0.29, 0.717) is 26.8 Å². The summed E-state index contributed by atoms with van der Waals surface area (Å²) in [6, 6.07) is 16.2. The topological polar surface area (TPSA) is 103 Å². The fourth-order valence-corrected chi connectivity index (χ4v) is 4.92. The quantitative estimate of drug-likeness (QED) is 0.155. The first-order valence-electron chi connectivity index (χ1n) is 11.9. The van der Waals surface area contributed by atoms with Gasteiger partial charge in [-0.2, -0.15) is 5.26 Å². The second kappa shape index (κ2) is 13.6. The summed E-state index contributed by atoms with van der Waals surface area (Å²) in [6.07, 6.45) is 1.20. The maximum Gasteiger partial charge on any atom is 0.348 e. The molecule has 2 aromatic carbocycles. The van der Waals surface area contributed by atoms with E-state index in [1.807, 2.05) is 18.2 Å². The number of allylic oxidation sites excluding steroid dienone is 1. The lowest BCUT2D eigenvalue weighted by atomic mass is 10.0. The van der Waals surface area contributed by atoms with Gasteiger partial charge in [-0.25, -0.2) is 9.59 Å². The van der Waals surface area contributed by atoms with Crippen LogP contribution >= 0.6 is 22.9 Å². The Bertz CT molecular complexity index is 1400. The Hall–Kier alpha value is -3.93. The largest absolute Gasteiger partial charge is 0.488 e. The molecular weight excluding hydrogens is 526 g/mol. The van der Waals surface area contributed by atoms with E-state index in [1.165, 1.54) is 6.08 Å². The molecule has 9 heteroatoms. The molecule has 0 amide bonds. The molecule has 0 aliphatic carbocycles. The molecule has 0 atom stereocenters. The second-order valence-corrected chi connectivity index (χ2v) is 9.56. The van der Waals surface area contributed by atoms with Crippen LogP contribution in [0.2, 0.25) is 5.02 Å². The Balaban J connectivity index is 1.89. The van der Waals surface area contributed by atoms with Crippen LogP contribution in [0.5, 0.6) is 5.75 Å². The maximum absolute atomic E-state index is 13.2. The van der Waals surface area contributed by atoms with Crippen molar-refractivity contribution in [2.45, 2.75) is 33.8 Å². The number of benzene rings is 2. The Morgan fingerprint density at radius 3 is 2.32 bits per heavy atom. The number of halogens is 1. The molecule has 1 heterocycles. The van der Waals surface area contributed by atoms with Crippen LogP contribution in [0, 0.1) is 18.3 Å². The average Bonchev–Trinajstić information content (AvgIpc) is 3.23. The van der Waals surface area contributed by atoms with Gasteiger partial charge < -0.3 is 14.2 Å². The van der Waals surface area contributed by atoms with E-state index in [1.54, 1.807) is 57.2 Å². The van der Waals surface area contributed by atoms with Gasteiger partial charge in [0, 0.05) is 21.9 Å². The van der Waals surface area contributed by atoms with Crippen molar-refractivity contribution in [3.8, 4) is 11.8 Å². The minimum absolute atomic E-state index is 0.119. The van der Waals surface area contributed by atoms with Crippen LogP contribution in [0.1, 0.15) is 55.4 Å². The molecule has 0 aliphatic rings. The molecule has 3 rings (SSSR count). The molecule has 0 unspecified atom stereocenters. The monoisotopic (exact) mass is 551 g/mol. The van der Waals surface area contributed by atoms with Crippen molar-refractivity contribution in [2.24, 2.45) is 0 Å². The summed E-state index contributed by atoms with van der Waals surface area (Å²) in [7, 11) is 0. The van der Waals surface area contributed by atoms with Gasteiger partial charge in [-0.3, -0.25) is 4.79 Å². The van der Waals surface area contributed by atoms with Crippen molar-refractivity contribution in [3.05, 3.63) is 91.1 Å². The number of nitrogens with zero attached hydrogens (tertiary/aromatic N) is 1. The lowest BCUT2D eigenvalue weighted by Gasteiger charge is -2.10. The van der Waals surface area contributed by atoms with Crippen molar-refractivity contribution in [3.63, 3.8) is 0 Å². The van der Waals surface area contributed by atoms with Gasteiger partial charge in [0.05, 0.1) is 24.4 Å². The summed E-state index contributed by atoms with van der Waals surface area (Å²) < 4.78 is 16.2. The van der Waals surface area contributed by atoms with Crippen LogP contribution < -0.4 is 4.74 Å². The minimum Gasteiger partial charge on any atom is -0.488 e. The molecule has 3 aromatic rings. The lowest BCUT2D eigenvalue weighted by Crippen LogP contribution is -2.12. The molecule has 0 N–H and O–H groups in total. The maximum atomic E-state index is 13.2. The van der Waals surface area contributed by atoms with E-state index in [9.17, 15) is 19.6 Å². The fraction of sp³-hybridized carbons (Fsp3) is 0.241. The molecule has 0 radical (unpaired) electrons. The number of thiophene rings is 1. The summed E-state index contributed by atoms with van der Waals surface area (Å²) in [5.74, 6) is -1.24. The van der Waals surface area contributed by atoms with Crippen LogP contribution in [0.3, 0.4) is 0 Å². The van der Waals surface area contributed by atoms with Crippen LogP contribution in [0.15, 0.2) is 54.1 Å². The predicted octanol–water partition coefficient (Wildman–Crippen LogP) is 6.36. The Kier molecular flexibility index (Phi) is 10.2. The Labute approximate surface area is 230 Å². The number of ether oxygens (including phenoxy) is 3. The van der Waals surface area contributed by atoms with Gasteiger partial charge in [-0.15, -0.1) is 11.3 Å². The summed E-state index contributed by atoms with van der Waals surface area (Å²) in [4.78, 5) is 38.8. The first-order valence-corrected chi connectivity index (χ1v) is 13.1. The molecule has 0 aliphatic heterocycles. The van der Waals surface area contributed by atoms with Gasteiger partial charge in [0.2, 0.25) is 0 Å². The Morgan fingerprint density at radius 1 is 1.00 bits per heavy atom. The molecular formula is C29H26ClNO6S. The molecule has 0 saturated heterocycles. The number of carbonyl (C=O) groups is 3. The smallest absolute Gasteiger partial charge is 0.348 e. The zero-order valence-corrected chi connectivity index (χ0v) is 22.8. The molecule has 1 aromatic heterocycles. The number of para-hydroxylation sites is 1. The highest BCUT2D eigenvalue weighted by Gasteiger charge is 2.28.